The number of rotatable bonds is 2. The number of fused-ring (bicyclic) bond motifs is 1. The zero-order chi connectivity index (χ0) is 12.5. The number of pyridine rings is 1. The topological polar surface area (TPSA) is 51.2 Å². The van der Waals surface area contributed by atoms with E-state index in [9.17, 15) is 4.79 Å². The summed E-state index contributed by atoms with van der Waals surface area (Å²) in [5.74, 6) is -0.212. The molecule has 0 unspecified atom stereocenters. The van der Waals surface area contributed by atoms with Crippen LogP contribution in [-0.2, 0) is 4.74 Å². The fraction of sp³-hybridized carbons (Fsp3) is 0.231. The molecule has 0 saturated carbocycles. The van der Waals surface area contributed by atoms with E-state index < -0.39 is 0 Å². The molecule has 1 saturated heterocycles. The van der Waals surface area contributed by atoms with Crippen LogP contribution in [0.5, 0.6) is 0 Å². The molecule has 1 aromatic carbocycles. The van der Waals surface area contributed by atoms with E-state index in [0.717, 1.165) is 10.9 Å². The van der Waals surface area contributed by atoms with Crippen molar-refractivity contribution in [2.45, 2.75) is 6.04 Å². The maximum atomic E-state index is 12.0. The van der Waals surface area contributed by atoms with Crippen molar-refractivity contribution in [2.75, 3.05) is 13.2 Å². The first-order valence-corrected chi connectivity index (χ1v) is 6.06. The third-order valence-electron chi connectivity index (χ3n) is 2.87. The maximum Gasteiger partial charge on any atom is 0.270 e. The summed E-state index contributed by atoms with van der Waals surface area (Å²) in [4.78, 5) is 16.3. The molecule has 1 N–H and O–H groups in total. The van der Waals surface area contributed by atoms with Crippen LogP contribution >= 0.6 is 11.6 Å². The SMILES string of the molecule is O=C(NC1COC1)c1cc(Cl)c2ccccc2n1. The highest BCUT2D eigenvalue weighted by atomic mass is 35.5. The number of aromatic nitrogens is 1. The van der Waals surface area contributed by atoms with Crippen LogP contribution in [0.1, 0.15) is 10.5 Å². The minimum absolute atomic E-state index is 0.0875. The summed E-state index contributed by atoms with van der Waals surface area (Å²) in [5.41, 5.74) is 1.06. The number of carbonyl (C=O) groups is 1. The second-order valence-electron chi connectivity index (χ2n) is 4.21. The van der Waals surface area contributed by atoms with Crippen molar-refractivity contribution in [3.8, 4) is 0 Å². The molecule has 3 rings (SSSR count). The molecule has 0 radical (unpaired) electrons. The van der Waals surface area contributed by atoms with Crippen LogP contribution in [0.4, 0.5) is 0 Å². The Morgan fingerprint density at radius 2 is 2.17 bits per heavy atom. The van der Waals surface area contributed by atoms with Crippen molar-refractivity contribution >= 4 is 28.4 Å². The van der Waals surface area contributed by atoms with Crippen LogP contribution < -0.4 is 5.32 Å². The second-order valence-corrected chi connectivity index (χ2v) is 4.62. The van der Waals surface area contributed by atoms with Crippen LogP contribution in [0.3, 0.4) is 0 Å². The molecule has 0 aliphatic carbocycles. The van der Waals surface area contributed by atoms with Gasteiger partial charge < -0.3 is 10.1 Å². The van der Waals surface area contributed by atoms with Crippen molar-refractivity contribution in [3.63, 3.8) is 0 Å². The maximum absolute atomic E-state index is 12.0. The first kappa shape index (κ1) is 11.4. The van der Waals surface area contributed by atoms with Gasteiger partial charge in [0.2, 0.25) is 0 Å². The van der Waals surface area contributed by atoms with E-state index in [2.05, 4.69) is 10.3 Å². The number of hydrogen-bond acceptors (Lipinski definition) is 3. The number of nitrogens with one attached hydrogen (secondary N) is 1. The predicted molar refractivity (Wildman–Crippen MR) is 68.8 cm³/mol. The third-order valence-corrected chi connectivity index (χ3v) is 3.18. The molecule has 0 spiro atoms. The van der Waals surface area contributed by atoms with Crippen molar-refractivity contribution < 1.29 is 9.53 Å². The first-order valence-electron chi connectivity index (χ1n) is 5.68. The van der Waals surface area contributed by atoms with Crippen molar-refractivity contribution in [1.29, 1.82) is 0 Å². The summed E-state index contributed by atoms with van der Waals surface area (Å²) in [7, 11) is 0. The average molecular weight is 263 g/mol. The van der Waals surface area contributed by atoms with E-state index >= 15 is 0 Å². The molecular weight excluding hydrogens is 252 g/mol. The van der Waals surface area contributed by atoms with Gasteiger partial charge in [0.15, 0.2) is 0 Å². The molecule has 1 amide bonds. The van der Waals surface area contributed by atoms with Gasteiger partial charge in [-0.05, 0) is 12.1 Å². The van der Waals surface area contributed by atoms with Gasteiger partial charge in [0.05, 0.1) is 29.8 Å². The molecule has 18 heavy (non-hydrogen) atoms. The van der Waals surface area contributed by atoms with Crippen molar-refractivity contribution in [2.24, 2.45) is 0 Å². The molecule has 5 heteroatoms. The van der Waals surface area contributed by atoms with Gasteiger partial charge in [0.1, 0.15) is 5.69 Å². The number of amides is 1. The zero-order valence-corrected chi connectivity index (χ0v) is 10.3. The first-order chi connectivity index (χ1) is 8.74. The molecule has 4 nitrogen and oxygen atoms in total. The highest BCUT2D eigenvalue weighted by Crippen LogP contribution is 2.22. The molecule has 2 aromatic rings. The molecule has 1 fully saturated rings. The van der Waals surface area contributed by atoms with Crippen molar-refractivity contribution in [1.82, 2.24) is 10.3 Å². The van der Waals surface area contributed by atoms with Gasteiger partial charge in [0.25, 0.3) is 5.91 Å². The Labute approximate surface area is 109 Å². The van der Waals surface area contributed by atoms with E-state index in [1.807, 2.05) is 24.3 Å². The van der Waals surface area contributed by atoms with Crippen LogP contribution in [0.25, 0.3) is 10.9 Å². The van der Waals surface area contributed by atoms with Crippen LogP contribution in [-0.4, -0.2) is 30.1 Å². The van der Waals surface area contributed by atoms with E-state index in [1.54, 1.807) is 6.07 Å². The van der Waals surface area contributed by atoms with Gasteiger partial charge >= 0.3 is 0 Å². The number of para-hydroxylation sites is 1. The second kappa shape index (κ2) is 4.55. The lowest BCUT2D eigenvalue weighted by Crippen LogP contribution is -2.48. The number of hydrogen-bond donors (Lipinski definition) is 1. The predicted octanol–water partition coefficient (Wildman–Crippen LogP) is 2.02. The zero-order valence-electron chi connectivity index (χ0n) is 9.52. The number of halogens is 1. The summed E-state index contributed by atoms with van der Waals surface area (Å²) >= 11 is 6.15. The van der Waals surface area contributed by atoms with E-state index in [1.165, 1.54) is 0 Å². The lowest BCUT2D eigenvalue weighted by Gasteiger charge is -2.26. The van der Waals surface area contributed by atoms with Gasteiger partial charge in [-0.3, -0.25) is 4.79 Å². The Morgan fingerprint density at radius 3 is 2.89 bits per heavy atom. The Morgan fingerprint density at radius 1 is 1.39 bits per heavy atom. The molecule has 1 aliphatic rings. The molecule has 1 aromatic heterocycles. The fourth-order valence-electron chi connectivity index (χ4n) is 1.83. The number of nitrogens with zero attached hydrogens (tertiary/aromatic N) is 1. The Bertz CT molecular complexity index is 611. The van der Waals surface area contributed by atoms with Gasteiger partial charge in [-0.25, -0.2) is 4.98 Å². The molecule has 0 atom stereocenters. The number of benzene rings is 1. The summed E-state index contributed by atoms with van der Waals surface area (Å²) in [6.45, 7) is 1.13. The van der Waals surface area contributed by atoms with E-state index in [-0.39, 0.29) is 11.9 Å². The standard InChI is InChI=1S/C13H11ClN2O2/c14-10-5-12(13(17)15-8-6-18-7-8)16-11-4-2-1-3-9(10)11/h1-5,8H,6-7H2,(H,15,17). The molecule has 2 heterocycles. The number of carbonyl (C=O) groups excluding carboxylic acids is 1. The lowest BCUT2D eigenvalue weighted by atomic mass is 10.2. The quantitative estimate of drug-likeness (QED) is 0.901. The number of ether oxygens (including phenoxy) is 1. The third kappa shape index (κ3) is 2.05. The normalized spacial score (nSPS) is 15.4. The Hall–Kier alpha value is -1.65. The Kier molecular flexibility index (Phi) is 2.89. The Balaban J connectivity index is 1.94. The van der Waals surface area contributed by atoms with Crippen LogP contribution in [0.2, 0.25) is 5.02 Å². The fourth-order valence-corrected chi connectivity index (χ4v) is 2.09. The smallest absolute Gasteiger partial charge is 0.270 e. The molecule has 0 bridgehead atoms. The van der Waals surface area contributed by atoms with Gasteiger partial charge in [0, 0.05) is 5.39 Å². The van der Waals surface area contributed by atoms with Crippen LogP contribution in [0.15, 0.2) is 30.3 Å². The van der Waals surface area contributed by atoms with Crippen LogP contribution in [0, 0.1) is 0 Å². The lowest BCUT2D eigenvalue weighted by molar-refractivity contribution is -0.00354. The highest BCUT2D eigenvalue weighted by molar-refractivity contribution is 6.35. The summed E-state index contributed by atoms with van der Waals surface area (Å²) in [6, 6.07) is 9.16. The minimum atomic E-state index is -0.212. The summed E-state index contributed by atoms with van der Waals surface area (Å²) in [6.07, 6.45) is 0. The van der Waals surface area contributed by atoms with Crippen molar-refractivity contribution in [3.05, 3.63) is 41.0 Å². The monoisotopic (exact) mass is 262 g/mol. The van der Waals surface area contributed by atoms with E-state index in [0.29, 0.717) is 23.9 Å². The van der Waals surface area contributed by atoms with E-state index in [4.69, 9.17) is 16.3 Å². The highest BCUT2D eigenvalue weighted by Gasteiger charge is 2.22. The summed E-state index contributed by atoms with van der Waals surface area (Å²) in [5, 5.41) is 4.23. The van der Waals surface area contributed by atoms with Gasteiger partial charge in [-0.2, -0.15) is 0 Å². The molecule has 1 aliphatic heterocycles. The molecule has 92 valence electrons. The summed E-state index contributed by atoms with van der Waals surface area (Å²) < 4.78 is 5.00. The minimum Gasteiger partial charge on any atom is -0.377 e. The van der Waals surface area contributed by atoms with Gasteiger partial charge in [-0.1, -0.05) is 29.8 Å². The van der Waals surface area contributed by atoms with Gasteiger partial charge in [-0.15, -0.1) is 0 Å². The molecular formula is C13H11ClN2O2. The average Bonchev–Trinajstić information content (AvgIpc) is 2.33. The largest absolute Gasteiger partial charge is 0.377 e.